The molecule has 4 nitrogen and oxygen atoms in total. The molecule has 0 aromatic heterocycles. The van der Waals surface area contributed by atoms with E-state index in [0.29, 0.717) is 22.6 Å². The third kappa shape index (κ3) is 3.03. The van der Waals surface area contributed by atoms with Crippen molar-refractivity contribution >= 4 is 15.5 Å². The van der Waals surface area contributed by atoms with Crippen LogP contribution in [-0.2, 0) is 14.6 Å². The molecule has 1 fully saturated rings. The van der Waals surface area contributed by atoms with Gasteiger partial charge in [-0.2, -0.15) is 0 Å². The predicted molar refractivity (Wildman–Crippen MR) is 71.2 cm³/mol. The number of nitrogens with two attached hydrogens (primary N) is 1. The maximum Gasteiger partial charge on any atom is 0.178 e. The standard InChI is InChI=1S/C13H19NO3S/c1-10-9-11(14)4-5-13(10)18(15,16)8-6-12-3-2-7-17-12/h4-5,9,12H,2-3,6-8,14H2,1H3. The zero-order valence-corrected chi connectivity index (χ0v) is 11.4. The Hall–Kier alpha value is -1.07. The number of rotatable bonds is 4. The Kier molecular flexibility index (Phi) is 3.92. The fourth-order valence-electron chi connectivity index (χ4n) is 2.29. The number of aryl methyl sites for hydroxylation is 1. The lowest BCUT2D eigenvalue weighted by Gasteiger charge is -2.11. The highest BCUT2D eigenvalue weighted by Gasteiger charge is 2.22. The molecule has 1 aliphatic heterocycles. The van der Waals surface area contributed by atoms with Crippen LogP contribution in [0.25, 0.3) is 0 Å². The summed E-state index contributed by atoms with van der Waals surface area (Å²) in [4.78, 5) is 0.384. The van der Waals surface area contributed by atoms with E-state index in [1.165, 1.54) is 0 Å². The number of ether oxygens (including phenoxy) is 1. The topological polar surface area (TPSA) is 69.4 Å². The molecule has 1 saturated heterocycles. The van der Waals surface area contributed by atoms with E-state index in [1.54, 1.807) is 25.1 Å². The van der Waals surface area contributed by atoms with Crippen molar-refractivity contribution in [3.63, 3.8) is 0 Å². The molecule has 5 heteroatoms. The number of benzene rings is 1. The highest BCUT2D eigenvalue weighted by molar-refractivity contribution is 7.91. The first-order valence-corrected chi connectivity index (χ1v) is 7.85. The molecule has 2 N–H and O–H groups in total. The Morgan fingerprint density at radius 1 is 1.44 bits per heavy atom. The Morgan fingerprint density at radius 3 is 2.83 bits per heavy atom. The summed E-state index contributed by atoms with van der Waals surface area (Å²) in [6, 6.07) is 4.92. The number of hydrogen-bond acceptors (Lipinski definition) is 4. The highest BCUT2D eigenvalue weighted by Crippen LogP contribution is 2.22. The van der Waals surface area contributed by atoms with Gasteiger partial charge in [0, 0.05) is 12.3 Å². The number of hydrogen-bond donors (Lipinski definition) is 1. The average Bonchev–Trinajstić information content (AvgIpc) is 2.78. The third-order valence-electron chi connectivity index (χ3n) is 3.27. The van der Waals surface area contributed by atoms with Gasteiger partial charge >= 0.3 is 0 Å². The Labute approximate surface area is 108 Å². The average molecular weight is 269 g/mol. The lowest BCUT2D eigenvalue weighted by Crippen LogP contribution is -2.15. The molecule has 0 aliphatic carbocycles. The predicted octanol–water partition coefficient (Wildman–Crippen LogP) is 1.92. The summed E-state index contributed by atoms with van der Waals surface area (Å²) in [5, 5.41) is 0. The maximum atomic E-state index is 12.2. The summed E-state index contributed by atoms with van der Waals surface area (Å²) in [6.07, 6.45) is 2.68. The van der Waals surface area contributed by atoms with Crippen molar-refractivity contribution < 1.29 is 13.2 Å². The second-order valence-electron chi connectivity index (χ2n) is 4.77. The van der Waals surface area contributed by atoms with E-state index < -0.39 is 9.84 Å². The largest absolute Gasteiger partial charge is 0.399 e. The minimum Gasteiger partial charge on any atom is -0.399 e. The first-order valence-electron chi connectivity index (χ1n) is 6.19. The molecule has 0 spiro atoms. The summed E-state index contributed by atoms with van der Waals surface area (Å²) >= 11 is 0. The second kappa shape index (κ2) is 5.28. The third-order valence-corrected chi connectivity index (χ3v) is 5.17. The van der Waals surface area contributed by atoms with Crippen LogP contribution in [-0.4, -0.2) is 26.9 Å². The second-order valence-corrected chi connectivity index (χ2v) is 6.85. The summed E-state index contributed by atoms with van der Waals surface area (Å²) in [6.45, 7) is 2.53. The molecule has 1 unspecified atom stereocenters. The Morgan fingerprint density at radius 2 is 2.22 bits per heavy atom. The summed E-state index contributed by atoms with van der Waals surface area (Å²) in [7, 11) is -3.23. The van der Waals surface area contributed by atoms with Crippen LogP contribution < -0.4 is 5.73 Å². The minimum absolute atomic E-state index is 0.105. The van der Waals surface area contributed by atoms with Crippen LogP contribution in [0.2, 0.25) is 0 Å². The summed E-state index contributed by atoms with van der Waals surface area (Å²) < 4.78 is 29.9. The first kappa shape index (κ1) is 13.4. The van der Waals surface area contributed by atoms with Crippen LogP contribution in [0.3, 0.4) is 0 Å². The van der Waals surface area contributed by atoms with Gasteiger partial charge in [0.05, 0.1) is 16.8 Å². The lowest BCUT2D eigenvalue weighted by atomic mass is 10.2. The van der Waals surface area contributed by atoms with Crippen molar-refractivity contribution in [3.05, 3.63) is 23.8 Å². The van der Waals surface area contributed by atoms with Crippen LogP contribution in [0.4, 0.5) is 5.69 Å². The van der Waals surface area contributed by atoms with Gasteiger partial charge in [-0.05, 0) is 49.9 Å². The van der Waals surface area contributed by atoms with Crippen LogP contribution in [0, 0.1) is 6.92 Å². The lowest BCUT2D eigenvalue weighted by molar-refractivity contribution is 0.109. The van der Waals surface area contributed by atoms with Crippen molar-refractivity contribution in [2.45, 2.75) is 37.2 Å². The molecule has 1 aliphatic rings. The van der Waals surface area contributed by atoms with Gasteiger partial charge in [0.25, 0.3) is 0 Å². The first-order chi connectivity index (χ1) is 8.49. The van der Waals surface area contributed by atoms with Gasteiger partial charge in [-0.25, -0.2) is 8.42 Å². The monoisotopic (exact) mass is 269 g/mol. The zero-order chi connectivity index (χ0) is 13.2. The van der Waals surface area contributed by atoms with Gasteiger partial charge in [0.15, 0.2) is 9.84 Å². The fourth-order valence-corrected chi connectivity index (χ4v) is 3.91. The van der Waals surface area contributed by atoms with Gasteiger partial charge in [-0.15, -0.1) is 0 Å². The van der Waals surface area contributed by atoms with Crippen LogP contribution in [0.1, 0.15) is 24.8 Å². The van der Waals surface area contributed by atoms with E-state index in [2.05, 4.69) is 0 Å². The van der Waals surface area contributed by atoms with Gasteiger partial charge in [-0.3, -0.25) is 0 Å². The highest BCUT2D eigenvalue weighted by atomic mass is 32.2. The smallest absolute Gasteiger partial charge is 0.178 e. The van der Waals surface area contributed by atoms with Gasteiger partial charge < -0.3 is 10.5 Å². The molecule has 18 heavy (non-hydrogen) atoms. The van der Waals surface area contributed by atoms with Gasteiger partial charge in [0.1, 0.15) is 0 Å². The van der Waals surface area contributed by atoms with E-state index >= 15 is 0 Å². The molecule has 1 aromatic carbocycles. The number of anilines is 1. The number of sulfone groups is 1. The molecule has 0 saturated carbocycles. The Bertz CT molecular complexity index is 519. The van der Waals surface area contributed by atoms with Crippen LogP contribution in [0.5, 0.6) is 0 Å². The molecule has 2 rings (SSSR count). The summed E-state index contributed by atoms with van der Waals surface area (Å²) in [5.74, 6) is 0.141. The van der Waals surface area contributed by atoms with E-state index in [0.717, 1.165) is 19.4 Å². The van der Waals surface area contributed by atoms with Gasteiger partial charge in [-0.1, -0.05) is 0 Å². The van der Waals surface area contributed by atoms with Crippen LogP contribution in [0.15, 0.2) is 23.1 Å². The van der Waals surface area contributed by atoms with E-state index in [4.69, 9.17) is 10.5 Å². The van der Waals surface area contributed by atoms with Gasteiger partial charge in [0.2, 0.25) is 0 Å². The van der Waals surface area contributed by atoms with Crippen molar-refractivity contribution in [2.75, 3.05) is 18.1 Å². The van der Waals surface area contributed by atoms with Crippen molar-refractivity contribution in [1.82, 2.24) is 0 Å². The SMILES string of the molecule is Cc1cc(N)ccc1S(=O)(=O)CCC1CCCO1. The molecule has 1 aromatic rings. The number of nitrogen functional groups attached to an aromatic ring is 1. The molecular weight excluding hydrogens is 250 g/mol. The molecule has 0 bridgehead atoms. The Balaban J connectivity index is 2.09. The molecule has 0 radical (unpaired) electrons. The van der Waals surface area contributed by atoms with Crippen LogP contribution >= 0.6 is 0 Å². The van der Waals surface area contributed by atoms with E-state index in [-0.39, 0.29) is 11.9 Å². The molecule has 0 amide bonds. The maximum absolute atomic E-state index is 12.2. The van der Waals surface area contributed by atoms with E-state index in [1.807, 2.05) is 0 Å². The molecule has 1 atom stereocenters. The zero-order valence-electron chi connectivity index (χ0n) is 10.6. The summed E-state index contributed by atoms with van der Waals surface area (Å²) in [5.41, 5.74) is 6.93. The fraction of sp³-hybridized carbons (Fsp3) is 0.538. The molecule has 100 valence electrons. The van der Waals surface area contributed by atoms with Crippen molar-refractivity contribution in [3.8, 4) is 0 Å². The minimum atomic E-state index is -3.23. The van der Waals surface area contributed by atoms with E-state index in [9.17, 15) is 8.42 Å². The quantitative estimate of drug-likeness (QED) is 0.848. The molecular formula is C13H19NO3S. The van der Waals surface area contributed by atoms with Crippen molar-refractivity contribution in [1.29, 1.82) is 0 Å². The molecule has 1 heterocycles. The van der Waals surface area contributed by atoms with Crippen molar-refractivity contribution in [2.24, 2.45) is 0 Å². The normalized spacial score (nSPS) is 20.2.